The normalized spacial score (nSPS) is 25.8. The third-order valence-electron chi connectivity index (χ3n) is 4.10. The molecule has 0 amide bonds. The Morgan fingerprint density at radius 2 is 1.95 bits per heavy atom. The van der Waals surface area contributed by atoms with Crippen molar-refractivity contribution in [3.63, 3.8) is 0 Å². The van der Waals surface area contributed by atoms with Gasteiger partial charge in [-0.3, -0.25) is 0 Å². The fourth-order valence-corrected chi connectivity index (χ4v) is 6.17. The van der Waals surface area contributed by atoms with Crippen molar-refractivity contribution in [2.75, 3.05) is 26.0 Å². The highest BCUT2D eigenvalue weighted by Gasteiger charge is 2.53. The molecule has 2 aliphatic rings. The summed E-state index contributed by atoms with van der Waals surface area (Å²) in [6.45, 7) is 3.16. The fraction of sp³-hybridized carbons (Fsp3) is 0.571. The summed E-state index contributed by atoms with van der Waals surface area (Å²) in [6.07, 6.45) is 1.22. The van der Waals surface area contributed by atoms with Crippen molar-refractivity contribution in [1.29, 1.82) is 0 Å². The van der Waals surface area contributed by atoms with E-state index in [0.29, 0.717) is 18.0 Å². The van der Waals surface area contributed by atoms with Crippen LogP contribution in [-0.2, 0) is 14.8 Å². The predicted octanol–water partition coefficient (Wildman–Crippen LogP) is 1.89. The monoisotopic (exact) mass is 313 g/mol. The Bertz CT molecular complexity index is 591. The van der Waals surface area contributed by atoms with E-state index in [1.54, 1.807) is 23.5 Å². The van der Waals surface area contributed by atoms with Gasteiger partial charge in [0.2, 0.25) is 10.0 Å². The number of methoxy groups -OCH3 is 1. The Kier molecular flexibility index (Phi) is 3.61. The first-order chi connectivity index (χ1) is 9.45. The molecule has 1 aromatic carbocycles. The van der Waals surface area contributed by atoms with Crippen LogP contribution in [0.25, 0.3) is 0 Å². The number of sulfonamides is 1. The van der Waals surface area contributed by atoms with Crippen LogP contribution >= 0.6 is 11.8 Å². The molecule has 0 N–H and O–H groups in total. The van der Waals surface area contributed by atoms with E-state index < -0.39 is 10.0 Å². The van der Waals surface area contributed by atoms with Gasteiger partial charge in [-0.25, -0.2) is 8.42 Å². The summed E-state index contributed by atoms with van der Waals surface area (Å²) in [5, 5.41) is 0. The van der Waals surface area contributed by atoms with Crippen molar-refractivity contribution in [3.05, 3.63) is 29.8 Å². The number of rotatable bonds is 3. The van der Waals surface area contributed by atoms with Crippen molar-refractivity contribution >= 4 is 21.8 Å². The summed E-state index contributed by atoms with van der Waals surface area (Å²) < 4.78 is 32.0. The van der Waals surface area contributed by atoms with E-state index in [0.717, 1.165) is 17.7 Å². The van der Waals surface area contributed by atoms with Crippen molar-refractivity contribution < 1.29 is 13.2 Å². The number of nitrogens with zero attached hydrogens (tertiary/aromatic N) is 1. The summed E-state index contributed by atoms with van der Waals surface area (Å²) in [6, 6.07) is 7.06. The molecular formula is C14H19NO3S2. The maximum absolute atomic E-state index is 12.5. The molecule has 2 aliphatic heterocycles. The minimum absolute atomic E-state index is 0.0818. The number of benzene rings is 1. The van der Waals surface area contributed by atoms with Crippen molar-refractivity contribution in [1.82, 2.24) is 4.31 Å². The van der Waals surface area contributed by atoms with Crippen LogP contribution in [0, 0.1) is 6.92 Å². The van der Waals surface area contributed by atoms with Gasteiger partial charge >= 0.3 is 0 Å². The molecule has 110 valence electrons. The lowest BCUT2D eigenvalue weighted by Gasteiger charge is -2.46. The van der Waals surface area contributed by atoms with E-state index in [1.807, 2.05) is 30.8 Å². The second kappa shape index (κ2) is 5.02. The minimum atomic E-state index is -3.33. The highest BCUT2D eigenvalue weighted by molar-refractivity contribution is 8.01. The van der Waals surface area contributed by atoms with E-state index in [2.05, 4.69) is 0 Å². The first kappa shape index (κ1) is 14.4. The fourth-order valence-electron chi connectivity index (χ4n) is 2.80. The van der Waals surface area contributed by atoms with Crippen LogP contribution in [0.1, 0.15) is 12.0 Å². The van der Waals surface area contributed by atoms with Crippen molar-refractivity contribution in [2.45, 2.75) is 29.1 Å². The van der Waals surface area contributed by atoms with Gasteiger partial charge in [-0.1, -0.05) is 17.7 Å². The van der Waals surface area contributed by atoms with Gasteiger partial charge in [-0.15, -0.1) is 11.8 Å². The van der Waals surface area contributed by atoms with Crippen LogP contribution in [0.15, 0.2) is 29.2 Å². The predicted molar refractivity (Wildman–Crippen MR) is 80.5 cm³/mol. The topological polar surface area (TPSA) is 46.6 Å². The molecule has 20 heavy (non-hydrogen) atoms. The van der Waals surface area contributed by atoms with Gasteiger partial charge in [0, 0.05) is 30.7 Å². The molecule has 2 saturated heterocycles. The molecule has 0 unspecified atom stereocenters. The van der Waals surface area contributed by atoms with Crippen molar-refractivity contribution in [3.8, 4) is 0 Å². The molecular weight excluding hydrogens is 294 g/mol. The molecule has 0 aliphatic carbocycles. The smallest absolute Gasteiger partial charge is 0.243 e. The Labute approximate surface area is 124 Å². The van der Waals surface area contributed by atoms with Gasteiger partial charge < -0.3 is 4.74 Å². The third kappa shape index (κ3) is 2.39. The Morgan fingerprint density at radius 1 is 1.30 bits per heavy atom. The number of hydrogen-bond donors (Lipinski definition) is 0. The Balaban J connectivity index is 1.71. The average Bonchev–Trinajstić information content (AvgIpc) is 2.82. The molecule has 4 nitrogen and oxygen atoms in total. The van der Waals surface area contributed by atoms with Crippen LogP contribution in [-0.4, -0.2) is 49.5 Å². The highest BCUT2D eigenvalue weighted by atomic mass is 32.2. The SMILES string of the molecule is CO[C@H]1CSC2(C1)CN(S(=O)(=O)c1ccc(C)cc1)C2. The Morgan fingerprint density at radius 3 is 2.50 bits per heavy atom. The minimum Gasteiger partial charge on any atom is -0.381 e. The number of ether oxygens (including phenoxy) is 1. The maximum atomic E-state index is 12.5. The largest absolute Gasteiger partial charge is 0.381 e. The zero-order chi connectivity index (χ0) is 14.4. The van der Waals surface area contributed by atoms with Crippen LogP contribution in [0.2, 0.25) is 0 Å². The van der Waals surface area contributed by atoms with Gasteiger partial charge in [0.15, 0.2) is 0 Å². The maximum Gasteiger partial charge on any atom is 0.243 e. The van der Waals surface area contributed by atoms with E-state index in [1.165, 1.54) is 0 Å². The molecule has 0 radical (unpaired) electrons. The molecule has 0 bridgehead atoms. The third-order valence-corrected chi connectivity index (χ3v) is 7.48. The highest BCUT2D eigenvalue weighted by Crippen LogP contribution is 2.47. The van der Waals surface area contributed by atoms with Crippen LogP contribution < -0.4 is 0 Å². The molecule has 6 heteroatoms. The van der Waals surface area contributed by atoms with E-state index in [4.69, 9.17) is 4.74 Å². The molecule has 1 aromatic rings. The van der Waals surface area contributed by atoms with E-state index >= 15 is 0 Å². The van der Waals surface area contributed by atoms with Crippen LogP contribution in [0.4, 0.5) is 0 Å². The number of hydrogen-bond acceptors (Lipinski definition) is 4. The number of aryl methyl sites for hydroxylation is 1. The number of thioether (sulfide) groups is 1. The molecule has 1 spiro atoms. The summed E-state index contributed by atoms with van der Waals surface area (Å²) in [7, 11) is -1.60. The summed E-state index contributed by atoms with van der Waals surface area (Å²) in [4.78, 5) is 0.393. The molecule has 0 aromatic heterocycles. The van der Waals surface area contributed by atoms with Crippen LogP contribution in [0.3, 0.4) is 0 Å². The van der Waals surface area contributed by atoms with Crippen LogP contribution in [0.5, 0.6) is 0 Å². The Hall–Kier alpha value is -0.560. The lowest BCUT2D eigenvalue weighted by atomic mass is 9.96. The van der Waals surface area contributed by atoms with Gasteiger partial charge in [-0.05, 0) is 25.5 Å². The van der Waals surface area contributed by atoms with Gasteiger partial charge in [0.05, 0.1) is 11.0 Å². The summed E-state index contributed by atoms with van der Waals surface area (Å²) in [5.41, 5.74) is 1.07. The van der Waals surface area contributed by atoms with Gasteiger partial charge in [0.1, 0.15) is 0 Å². The lowest BCUT2D eigenvalue weighted by molar-refractivity contribution is 0.0931. The molecule has 1 atom stereocenters. The second-order valence-corrected chi connectivity index (χ2v) is 9.07. The van der Waals surface area contributed by atoms with Gasteiger partial charge in [-0.2, -0.15) is 4.31 Å². The molecule has 3 rings (SSSR count). The average molecular weight is 313 g/mol. The van der Waals surface area contributed by atoms with Gasteiger partial charge in [0.25, 0.3) is 0 Å². The van der Waals surface area contributed by atoms with E-state index in [9.17, 15) is 8.42 Å². The summed E-state index contributed by atoms with van der Waals surface area (Å²) >= 11 is 1.85. The first-order valence-corrected chi connectivity index (χ1v) is 9.11. The molecule has 2 heterocycles. The van der Waals surface area contributed by atoms with Crippen molar-refractivity contribution in [2.24, 2.45) is 0 Å². The quantitative estimate of drug-likeness (QED) is 0.855. The zero-order valence-corrected chi connectivity index (χ0v) is 13.3. The first-order valence-electron chi connectivity index (χ1n) is 6.69. The lowest BCUT2D eigenvalue weighted by Crippen LogP contribution is -2.60. The molecule has 2 fully saturated rings. The summed E-state index contributed by atoms with van der Waals surface area (Å²) in [5.74, 6) is 0.967. The standard InChI is InChI=1S/C14H19NO3S2/c1-11-3-5-13(6-4-11)20(16,17)15-9-14(10-15)7-12(18-2)8-19-14/h3-6,12H,7-10H2,1-2H3/t12-/m1/s1. The van der Waals surface area contributed by atoms with E-state index in [-0.39, 0.29) is 10.9 Å². The molecule has 0 saturated carbocycles. The zero-order valence-electron chi connectivity index (χ0n) is 11.7. The second-order valence-electron chi connectivity index (χ2n) is 5.64.